The molecule has 0 bridgehead atoms. The standard InChI is InChI=1S/C13H14N2O2/c1-13(2)8-17-12(16)15-11(13)10-5-3-4-9(6-10)7-14/h3-6,11H,8H2,1-2H3,(H,15,16)/t11-/m0/s1. The van der Waals surface area contributed by atoms with Gasteiger partial charge in [-0.15, -0.1) is 0 Å². The molecule has 1 N–H and O–H groups in total. The minimum Gasteiger partial charge on any atom is -0.449 e. The summed E-state index contributed by atoms with van der Waals surface area (Å²) in [7, 11) is 0. The highest BCUT2D eigenvalue weighted by molar-refractivity contribution is 5.69. The molecule has 1 aliphatic rings. The maximum absolute atomic E-state index is 11.3. The predicted octanol–water partition coefficient (Wildman–Crippen LogP) is 2.37. The summed E-state index contributed by atoms with van der Waals surface area (Å²) in [4.78, 5) is 11.3. The molecule has 1 saturated heterocycles. The van der Waals surface area contributed by atoms with Crippen LogP contribution in [0.2, 0.25) is 0 Å². The van der Waals surface area contributed by atoms with Gasteiger partial charge in [-0.2, -0.15) is 5.26 Å². The monoisotopic (exact) mass is 230 g/mol. The maximum Gasteiger partial charge on any atom is 0.407 e. The van der Waals surface area contributed by atoms with Crippen LogP contribution >= 0.6 is 0 Å². The Morgan fingerprint density at radius 3 is 3.00 bits per heavy atom. The molecule has 0 aliphatic carbocycles. The van der Waals surface area contributed by atoms with Crippen molar-refractivity contribution in [2.75, 3.05) is 6.61 Å². The van der Waals surface area contributed by atoms with E-state index in [1.165, 1.54) is 0 Å². The summed E-state index contributed by atoms with van der Waals surface area (Å²) in [6, 6.07) is 9.27. The molecule has 1 aliphatic heterocycles. The van der Waals surface area contributed by atoms with E-state index < -0.39 is 6.09 Å². The van der Waals surface area contributed by atoms with Crippen molar-refractivity contribution in [1.29, 1.82) is 5.26 Å². The minimum atomic E-state index is -0.406. The van der Waals surface area contributed by atoms with Crippen LogP contribution in [0.5, 0.6) is 0 Å². The highest BCUT2D eigenvalue weighted by atomic mass is 16.6. The molecule has 88 valence electrons. The lowest BCUT2D eigenvalue weighted by Gasteiger charge is -2.38. The quantitative estimate of drug-likeness (QED) is 0.805. The van der Waals surface area contributed by atoms with E-state index in [1.54, 1.807) is 12.1 Å². The highest BCUT2D eigenvalue weighted by Gasteiger charge is 2.37. The average Bonchev–Trinajstić information content (AvgIpc) is 2.32. The molecule has 4 heteroatoms. The first-order valence-electron chi connectivity index (χ1n) is 5.46. The number of nitrogens with one attached hydrogen (secondary N) is 1. The van der Waals surface area contributed by atoms with Crippen molar-refractivity contribution in [2.45, 2.75) is 19.9 Å². The SMILES string of the molecule is CC1(C)COC(=O)N[C@H]1c1cccc(C#N)c1. The van der Waals surface area contributed by atoms with Crippen LogP contribution in [-0.2, 0) is 4.74 Å². The number of nitrogens with zero attached hydrogens (tertiary/aromatic N) is 1. The molecule has 0 radical (unpaired) electrons. The average molecular weight is 230 g/mol. The van der Waals surface area contributed by atoms with Crippen LogP contribution in [0.4, 0.5) is 4.79 Å². The van der Waals surface area contributed by atoms with E-state index in [2.05, 4.69) is 11.4 Å². The number of carbonyl (C=O) groups excluding carboxylic acids is 1. The van der Waals surface area contributed by atoms with E-state index in [-0.39, 0.29) is 11.5 Å². The minimum absolute atomic E-state index is 0.128. The summed E-state index contributed by atoms with van der Waals surface area (Å²) in [5.41, 5.74) is 1.34. The molecule has 0 unspecified atom stereocenters. The van der Waals surface area contributed by atoms with Gasteiger partial charge in [0.05, 0.1) is 17.7 Å². The van der Waals surface area contributed by atoms with Crippen molar-refractivity contribution < 1.29 is 9.53 Å². The van der Waals surface area contributed by atoms with Gasteiger partial charge in [0, 0.05) is 5.41 Å². The molecule has 0 spiro atoms. The molecule has 0 aromatic heterocycles. The Morgan fingerprint density at radius 1 is 1.53 bits per heavy atom. The first kappa shape index (κ1) is 11.5. The molecular weight excluding hydrogens is 216 g/mol. The zero-order valence-electron chi connectivity index (χ0n) is 9.86. The van der Waals surface area contributed by atoms with Gasteiger partial charge in [0.1, 0.15) is 6.61 Å². The van der Waals surface area contributed by atoms with Gasteiger partial charge in [-0.25, -0.2) is 4.79 Å². The Hall–Kier alpha value is -2.02. The van der Waals surface area contributed by atoms with E-state index >= 15 is 0 Å². The summed E-state index contributed by atoms with van der Waals surface area (Å²) in [6.07, 6.45) is -0.406. The van der Waals surface area contributed by atoms with Gasteiger partial charge < -0.3 is 10.1 Å². The van der Waals surface area contributed by atoms with Crippen molar-refractivity contribution in [3.05, 3.63) is 35.4 Å². The molecule has 1 aromatic carbocycles. The number of amides is 1. The van der Waals surface area contributed by atoms with Crippen molar-refractivity contribution in [1.82, 2.24) is 5.32 Å². The van der Waals surface area contributed by atoms with Crippen molar-refractivity contribution in [2.24, 2.45) is 5.41 Å². The lowest BCUT2D eigenvalue weighted by molar-refractivity contribution is 0.0387. The van der Waals surface area contributed by atoms with Gasteiger partial charge in [0.15, 0.2) is 0 Å². The van der Waals surface area contributed by atoms with E-state index in [0.29, 0.717) is 12.2 Å². The lowest BCUT2D eigenvalue weighted by atomic mass is 9.80. The second kappa shape index (κ2) is 4.10. The van der Waals surface area contributed by atoms with Gasteiger partial charge in [0.25, 0.3) is 0 Å². The fourth-order valence-electron chi connectivity index (χ4n) is 2.01. The molecule has 1 atom stereocenters. The summed E-state index contributed by atoms with van der Waals surface area (Å²) < 4.78 is 4.99. The molecule has 1 amide bonds. The van der Waals surface area contributed by atoms with Gasteiger partial charge in [-0.1, -0.05) is 26.0 Å². The summed E-state index contributed by atoms with van der Waals surface area (Å²) in [5.74, 6) is 0. The zero-order valence-corrected chi connectivity index (χ0v) is 9.86. The van der Waals surface area contributed by atoms with Crippen LogP contribution in [-0.4, -0.2) is 12.7 Å². The van der Waals surface area contributed by atoms with Crippen molar-refractivity contribution in [3.8, 4) is 6.07 Å². The fraction of sp³-hybridized carbons (Fsp3) is 0.385. The number of cyclic esters (lactones) is 1. The topological polar surface area (TPSA) is 62.1 Å². The van der Waals surface area contributed by atoms with E-state index in [4.69, 9.17) is 10.00 Å². The number of alkyl carbamates (subject to hydrolysis) is 1. The zero-order chi connectivity index (χ0) is 12.5. The molecule has 17 heavy (non-hydrogen) atoms. The van der Waals surface area contributed by atoms with E-state index in [9.17, 15) is 4.79 Å². The smallest absolute Gasteiger partial charge is 0.407 e. The molecule has 1 heterocycles. The number of rotatable bonds is 1. The van der Waals surface area contributed by atoms with Crippen LogP contribution in [0, 0.1) is 16.7 Å². The van der Waals surface area contributed by atoms with E-state index in [1.807, 2.05) is 26.0 Å². The third kappa shape index (κ3) is 2.23. The highest BCUT2D eigenvalue weighted by Crippen LogP contribution is 2.36. The Kier molecular flexibility index (Phi) is 2.76. The number of carbonyl (C=O) groups is 1. The Morgan fingerprint density at radius 2 is 2.29 bits per heavy atom. The Balaban J connectivity index is 2.36. The first-order chi connectivity index (χ1) is 8.03. The molecule has 2 rings (SSSR count). The fourth-order valence-corrected chi connectivity index (χ4v) is 2.01. The molecule has 1 aromatic rings. The number of hydrogen-bond acceptors (Lipinski definition) is 3. The van der Waals surface area contributed by atoms with Gasteiger partial charge in [-0.05, 0) is 17.7 Å². The molecule has 1 fully saturated rings. The number of ether oxygens (including phenoxy) is 1. The molecular formula is C13H14N2O2. The van der Waals surface area contributed by atoms with Crippen molar-refractivity contribution in [3.63, 3.8) is 0 Å². The maximum atomic E-state index is 11.3. The largest absolute Gasteiger partial charge is 0.449 e. The van der Waals surface area contributed by atoms with Crippen LogP contribution in [0.25, 0.3) is 0 Å². The van der Waals surface area contributed by atoms with Crippen molar-refractivity contribution >= 4 is 6.09 Å². The lowest BCUT2D eigenvalue weighted by Crippen LogP contribution is -2.46. The van der Waals surface area contributed by atoms with Gasteiger partial charge in [-0.3, -0.25) is 0 Å². The third-order valence-electron chi connectivity index (χ3n) is 2.97. The second-order valence-corrected chi connectivity index (χ2v) is 4.88. The summed E-state index contributed by atoms with van der Waals surface area (Å²) >= 11 is 0. The third-order valence-corrected chi connectivity index (χ3v) is 2.97. The number of benzene rings is 1. The van der Waals surface area contributed by atoms with Crippen LogP contribution < -0.4 is 5.32 Å². The van der Waals surface area contributed by atoms with Crippen LogP contribution in [0.3, 0.4) is 0 Å². The van der Waals surface area contributed by atoms with Crippen LogP contribution in [0.15, 0.2) is 24.3 Å². The van der Waals surface area contributed by atoms with E-state index in [0.717, 1.165) is 5.56 Å². The summed E-state index contributed by atoms with van der Waals surface area (Å²) in [5, 5.41) is 11.7. The summed E-state index contributed by atoms with van der Waals surface area (Å²) in [6.45, 7) is 4.42. The normalized spacial score (nSPS) is 22.2. The number of nitriles is 1. The predicted molar refractivity (Wildman–Crippen MR) is 62.2 cm³/mol. The van der Waals surface area contributed by atoms with Crippen LogP contribution in [0.1, 0.15) is 31.0 Å². The van der Waals surface area contributed by atoms with Gasteiger partial charge in [0.2, 0.25) is 0 Å². The number of hydrogen-bond donors (Lipinski definition) is 1. The second-order valence-electron chi connectivity index (χ2n) is 4.88. The first-order valence-corrected chi connectivity index (χ1v) is 5.46. The van der Waals surface area contributed by atoms with Gasteiger partial charge >= 0.3 is 6.09 Å². The Labute approximate surface area is 100 Å². The molecule has 0 saturated carbocycles. The molecule has 4 nitrogen and oxygen atoms in total. The Bertz CT molecular complexity index is 488.